The number of rotatable bonds is 2. The lowest BCUT2D eigenvalue weighted by molar-refractivity contribution is 0.212. The first-order valence-electron chi connectivity index (χ1n) is 4.07. The van der Waals surface area contributed by atoms with Gasteiger partial charge in [-0.25, -0.2) is 4.68 Å². The molecule has 4 nitrogen and oxygen atoms in total. The van der Waals surface area contributed by atoms with Gasteiger partial charge in [0.1, 0.15) is 11.8 Å². The molecular weight excluding hydrogens is 346 g/mol. The molecule has 15 heavy (non-hydrogen) atoms. The smallest absolute Gasteiger partial charge is 0.154 e. The van der Waals surface area contributed by atoms with Crippen molar-refractivity contribution in [2.45, 2.75) is 6.10 Å². The summed E-state index contributed by atoms with van der Waals surface area (Å²) in [4.78, 5) is 0.848. The van der Waals surface area contributed by atoms with Crippen LogP contribution in [0.3, 0.4) is 0 Å². The minimum Gasteiger partial charge on any atom is -0.381 e. The van der Waals surface area contributed by atoms with Gasteiger partial charge in [-0.3, -0.25) is 0 Å². The van der Waals surface area contributed by atoms with E-state index in [1.807, 2.05) is 11.4 Å². The molecule has 2 aromatic heterocycles. The van der Waals surface area contributed by atoms with E-state index in [0.717, 1.165) is 9.35 Å². The Labute approximate surface area is 107 Å². The van der Waals surface area contributed by atoms with Crippen LogP contribution in [-0.2, 0) is 7.05 Å². The normalized spacial score (nSPS) is 13.1. The third-order valence-corrected chi connectivity index (χ3v) is 4.47. The van der Waals surface area contributed by atoms with Crippen LogP contribution in [0.5, 0.6) is 0 Å². The van der Waals surface area contributed by atoms with Gasteiger partial charge < -0.3 is 5.11 Å². The average Bonchev–Trinajstić information content (AvgIpc) is 2.73. The zero-order chi connectivity index (χ0) is 11.0. The molecule has 1 unspecified atom stereocenters. The molecule has 1 atom stereocenters. The summed E-state index contributed by atoms with van der Waals surface area (Å²) in [5.41, 5.74) is 0.651. The number of hydrogen-bond donors (Lipinski definition) is 1. The Bertz CT molecular complexity index is 462. The predicted octanol–water partition coefficient (Wildman–Crippen LogP) is 2.48. The van der Waals surface area contributed by atoms with Gasteiger partial charge in [-0.15, -0.1) is 16.4 Å². The SMILES string of the molecule is Cn1nnc(Br)c1C(O)c1sccc1Br. The second-order valence-corrected chi connectivity index (χ2v) is 5.48. The van der Waals surface area contributed by atoms with Crippen molar-refractivity contribution in [1.29, 1.82) is 0 Å². The van der Waals surface area contributed by atoms with Gasteiger partial charge >= 0.3 is 0 Å². The molecule has 1 N–H and O–H groups in total. The fraction of sp³-hybridized carbons (Fsp3) is 0.250. The Balaban J connectivity index is 2.45. The minimum absolute atomic E-state index is 0.567. The second kappa shape index (κ2) is 4.32. The van der Waals surface area contributed by atoms with Crippen LogP contribution in [0.1, 0.15) is 16.7 Å². The topological polar surface area (TPSA) is 50.9 Å². The number of thiophene rings is 1. The highest BCUT2D eigenvalue weighted by Gasteiger charge is 2.22. The Morgan fingerprint density at radius 2 is 2.27 bits per heavy atom. The first-order valence-corrected chi connectivity index (χ1v) is 6.54. The molecule has 2 heterocycles. The van der Waals surface area contributed by atoms with E-state index in [1.54, 1.807) is 11.7 Å². The zero-order valence-electron chi connectivity index (χ0n) is 7.69. The van der Waals surface area contributed by atoms with Crippen molar-refractivity contribution in [2.24, 2.45) is 7.05 Å². The van der Waals surface area contributed by atoms with Gasteiger partial charge in [0.15, 0.2) is 4.60 Å². The average molecular weight is 353 g/mol. The number of halogens is 2. The van der Waals surface area contributed by atoms with Gasteiger partial charge in [-0.1, -0.05) is 5.21 Å². The van der Waals surface area contributed by atoms with Crippen molar-refractivity contribution in [3.8, 4) is 0 Å². The van der Waals surface area contributed by atoms with Crippen LogP contribution in [0.25, 0.3) is 0 Å². The fourth-order valence-corrected chi connectivity index (χ4v) is 3.37. The van der Waals surface area contributed by atoms with Crippen LogP contribution < -0.4 is 0 Å². The maximum Gasteiger partial charge on any atom is 0.154 e. The summed E-state index contributed by atoms with van der Waals surface area (Å²) in [5, 5.41) is 19.7. The third kappa shape index (κ3) is 2.01. The summed E-state index contributed by atoms with van der Waals surface area (Å²) < 4.78 is 3.02. The van der Waals surface area contributed by atoms with E-state index < -0.39 is 6.10 Å². The highest BCUT2D eigenvalue weighted by atomic mass is 79.9. The molecule has 0 radical (unpaired) electrons. The molecule has 7 heteroatoms. The summed E-state index contributed by atoms with van der Waals surface area (Å²) in [6.45, 7) is 0. The standard InChI is InChI=1S/C8H7Br2N3OS/c1-13-5(8(10)11-12-13)6(14)7-4(9)2-3-15-7/h2-3,6,14H,1H3. The van der Waals surface area contributed by atoms with Gasteiger partial charge in [0.2, 0.25) is 0 Å². The van der Waals surface area contributed by atoms with E-state index in [2.05, 4.69) is 42.2 Å². The number of hydrogen-bond acceptors (Lipinski definition) is 4. The van der Waals surface area contributed by atoms with Gasteiger partial charge in [-0.2, -0.15) is 0 Å². The molecule has 2 rings (SSSR count). The molecule has 0 aliphatic carbocycles. The lowest BCUT2D eigenvalue weighted by Gasteiger charge is -2.09. The van der Waals surface area contributed by atoms with Crippen molar-refractivity contribution < 1.29 is 5.11 Å². The molecule has 0 aliphatic heterocycles. The van der Waals surface area contributed by atoms with E-state index in [-0.39, 0.29) is 0 Å². The Morgan fingerprint density at radius 3 is 2.73 bits per heavy atom. The van der Waals surface area contributed by atoms with Gasteiger partial charge in [0.05, 0.1) is 4.88 Å². The van der Waals surface area contributed by atoms with Crippen molar-refractivity contribution in [2.75, 3.05) is 0 Å². The number of aromatic nitrogens is 3. The summed E-state index contributed by atoms with van der Waals surface area (Å²) in [6.07, 6.45) is -0.714. The first-order chi connectivity index (χ1) is 7.11. The summed E-state index contributed by atoms with van der Waals surface area (Å²) >= 11 is 8.14. The molecule has 0 amide bonds. The van der Waals surface area contributed by atoms with Crippen LogP contribution in [-0.4, -0.2) is 20.1 Å². The van der Waals surface area contributed by atoms with Crippen LogP contribution >= 0.6 is 43.2 Å². The third-order valence-electron chi connectivity index (χ3n) is 1.98. The molecule has 80 valence electrons. The lowest BCUT2D eigenvalue weighted by Crippen LogP contribution is -2.06. The monoisotopic (exact) mass is 351 g/mol. The maximum atomic E-state index is 10.2. The van der Waals surface area contributed by atoms with Crippen molar-refractivity contribution in [3.05, 3.63) is 31.1 Å². The summed E-state index contributed by atoms with van der Waals surface area (Å²) in [7, 11) is 1.75. The first kappa shape index (κ1) is 11.3. The van der Waals surface area contributed by atoms with E-state index >= 15 is 0 Å². The fourth-order valence-electron chi connectivity index (χ4n) is 1.25. The molecule has 0 fully saturated rings. The molecule has 0 saturated carbocycles. The number of nitrogens with zero attached hydrogens (tertiary/aromatic N) is 3. The Kier molecular flexibility index (Phi) is 3.24. The van der Waals surface area contributed by atoms with Crippen molar-refractivity contribution in [1.82, 2.24) is 15.0 Å². The Morgan fingerprint density at radius 1 is 1.53 bits per heavy atom. The largest absolute Gasteiger partial charge is 0.381 e. The molecule has 0 aliphatic rings. The highest BCUT2D eigenvalue weighted by molar-refractivity contribution is 9.10. The molecule has 0 saturated heterocycles. The van der Waals surface area contributed by atoms with E-state index in [9.17, 15) is 5.11 Å². The lowest BCUT2D eigenvalue weighted by atomic mass is 10.2. The maximum absolute atomic E-state index is 10.2. The van der Waals surface area contributed by atoms with E-state index in [0.29, 0.717) is 10.3 Å². The minimum atomic E-state index is -0.714. The summed E-state index contributed by atoms with van der Waals surface area (Å²) in [5.74, 6) is 0. The molecule has 0 spiro atoms. The van der Waals surface area contributed by atoms with Gasteiger partial charge in [0.25, 0.3) is 0 Å². The Hall–Kier alpha value is -0.240. The molecule has 0 bridgehead atoms. The van der Waals surface area contributed by atoms with Gasteiger partial charge in [-0.05, 0) is 43.3 Å². The van der Waals surface area contributed by atoms with Crippen molar-refractivity contribution >= 4 is 43.2 Å². The predicted molar refractivity (Wildman–Crippen MR) is 64.8 cm³/mol. The van der Waals surface area contributed by atoms with Crippen LogP contribution in [0.2, 0.25) is 0 Å². The quantitative estimate of drug-likeness (QED) is 0.903. The van der Waals surface area contributed by atoms with Crippen LogP contribution in [0, 0.1) is 0 Å². The number of aryl methyl sites for hydroxylation is 1. The van der Waals surface area contributed by atoms with E-state index in [1.165, 1.54) is 11.3 Å². The second-order valence-electron chi connectivity index (χ2n) is 2.92. The molecule has 0 aromatic carbocycles. The zero-order valence-corrected chi connectivity index (χ0v) is 11.7. The number of aliphatic hydroxyl groups is 1. The van der Waals surface area contributed by atoms with E-state index in [4.69, 9.17) is 0 Å². The van der Waals surface area contributed by atoms with Crippen LogP contribution in [0.15, 0.2) is 20.5 Å². The molecular formula is C8H7Br2N3OS. The number of aliphatic hydroxyl groups excluding tert-OH is 1. The summed E-state index contributed by atoms with van der Waals surface area (Å²) in [6, 6.07) is 1.90. The van der Waals surface area contributed by atoms with Crippen molar-refractivity contribution in [3.63, 3.8) is 0 Å². The van der Waals surface area contributed by atoms with Crippen LogP contribution in [0.4, 0.5) is 0 Å². The molecule has 2 aromatic rings. The highest BCUT2D eigenvalue weighted by Crippen LogP contribution is 2.34. The van der Waals surface area contributed by atoms with Gasteiger partial charge in [0, 0.05) is 11.5 Å².